The minimum absolute atomic E-state index is 0.356. The van der Waals surface area contributed by atoms with E-state index in [-0.39, 0.29) is 6.61 Å². The van der Waals surface area contributed by atoms with Crippen LogP contribution in [0.5, 0.6) is 5.75 Å². The third-order valence-corrected chi connectivity index (χ3v) is 2.61. The van der Waals surface area contributed by atoms with Gasteiger partial charge in [-0.25, -0.2) is 0 Å². The minimum atomic E-state index is -2.11. The van der Waals surface area contributed by atoms with Crippen LogP contribution in [0.15, 0.2) is 30.3 Å². The van der Waals surface area contributed by atoms with Crippen LogP contribution >= 0.6 is 0 Å². The summed E-state index contributed by atoms with van der Waals surface area (Å²) >= 11 is 0. The number of benzene rings is 2. The Kier molecular flexibility index (Phi) is 4.06. The van der Waals surface area contributed by atoms with Gasteiger partial charge in [-0.2, -0.15) is 17.6 Å². The second kappa shape index (κ2) is 5.78. The molecular weight excluding hydrogens is 294 g/mol. The topological polar surface area (TPSA) is 52.4 Å². The summed E-state index contributed by atoms with van der Waals surface area (Å²) in [5.41, 5.74) is -1.40. The number of nitrogens with zero attached hydrogens (tertiary/aromatic N) is 1. The smallest absolute Gasteiger partial charge is 0.346 e. The van der Waals surface area contributed by atoms with E-state index in [1.165, 1.54) is 0 Å². The van der Waals surface area contributed by atoms with Gasteiger partial charge >= 0.3 is 5.69 Å². The normalized spacial score (nSPS) is 10.5. The van der Waals surface area contributed by atoms with Crippen molar-refractivity contribution in [1.82, 2.24) is 0 Å². The van der Waals surface area contributed by atoms with Gasteiger partial charge in [0.15, 0.2) is 5.75 Å². The van der Waals surface area contributed by atoms with Gasteiger partial charge in [-0.3, -0.25) is 10.1 Å². The zero-order chi connectivity index (χ0) is 15.6. The highest BCUT2D eigenvalue weighted by Gasteiger charge is 2.34. The Morgan fingerprint density at radius 2 is 1.48 bits per heavy atom. The van der Waals surface area contributed by atoms with E-state index in [4.69, 9.17) is 4.74 Å². The van der Waals surface area contributed by atoms with Crippen molar-refractivity contribution in [2.75, 3.05) is 0 Å². The van der Waals surface area contributed by atoms with Gasteiger partial charge in [0.05, 0.1) is 4.92 Å². The first-order valence-corrected chi connectivity index (χ1v) is 5.60. The van der Waals surface area contributed by atoms with Crippen molar-refractivity contribution in [3.63, 3.8) is 0 Å². The third kappa shape index (κ3) is 2.78. The Morgan fingerprint density at radius 1 is 0.952 bits per heavy atom. The lowest BCUT2D eigenvalue weighted by atomic mass is 10.2. The molecular formula is C13H7F4NO3. The van der Waals surface area contributed by atoms with Gasteiger partial charge in [-0.05, 0) is 5.56 Å². The van der Waals surface area contributed by atoms with Gasteiger partial charge in [-0.1, -0.05) is 30.3 Å². The van der Waals surface area contributed by atoms with Crippen molar-refractivity contribution in [2.24, 2.45) is 0 Å². The van der Waals surface area contributed by atoms with Crippen LogP contribution in [0.2, 0.25) is 0 Å². The highest BCUT2D eigenvalue weighted by atomic mass is 19.2. The molecule has 110 valence electrons. The molecule has 0 aliphatic heterocycles. The van der Waals surface area contributed by atoms with Gasteiger partial charge in [-0.15, -0.1) is 0 Å². The second-order valence-corrected chi connectivity index (χ2v) is 3.97. The molecule has 0 aliphatic carbocycles. The largest absolute Gasteiger partial charge is 0.483 e. The van der Waals surface area contributed by atoms with Gasteiger partial charge in [0.25, 0.3) is 0 Å². The summed E-state index contributed by atoms with van der Waals surface area (Å²) < 4.78 is 58.6. The summed E-state index contributed by atoms with van der Waals surface area (Å²) in [5.74, 6) is -9.45. The van der Waals surface area contributed by atoms with Crippen molar-refractivity contribution in [2.45, 2.75) is 6.61 Å². The lowest BCUT2D eigenvalue weighted by Crippen LogP contribution is -2.08. The van der Waals surface area contributed by atoms with Crippen LogP contribution in [0.25, 0.3) is 0 Å². The molecule has 0 atom stereocenters. The van der Waals surface area contributed by atoms with E-state index in [1.54, 1.807) is 30.3 Å². The lowest BCUT2D eigenvalue weighted by molar-refractivity contribution is -0.390. The Labute approximate surface area is 115 Å². The molecule has 0 aromatic heterocycles. The monoisotopic (exact) mass is 301 g/mol. The molecule has 0 saturated heterocycles. The maximum absolute atomic E-state index is 13.6. The molecule has 21 heavy (non-hydrogen) atoms. The van der Waals surface area contributed by atoms with Crippen LogP contribution in [0.1, 0.15) is 5.56 Å². The summed E-state index contributed by atoms with van der Waals surface area (Å²) in [7, 11) is 0. The van der Waals surface area contributed by atoms with Gasteiger partial charge in [0, 0.05) is 0 Å². The zero-order valence-corrected chi connectivity index (χ0v) is 10.3. The molecule has 4 nitrogen and oxygen atoms in total. The summed E-state index contributed by atoms with van der Waals surface area (Å²) in [6, 6.07) is 8.07. The van der Waals surface area contributed by atoms with Crippen LogP contribution in [0.3, 0.4) is 0 Å². The first-order valence-electron chi connectivity index (χ1n) is 5.60. The maximum atomic E-state index is 13.6. The number of hydrogen-bond donors (Lipinski definition) is 0. The van der Waals surface area contributed by atoms with E-state index >= 15 is 0 Å². The average molecular weight is 301 g/mol. The van der Waals surface area contributed by atoms with Crippen molar-refractivity contribution in [3.8, 4) is 5.75 Å². The number of nitro groups is 1. The Balaban J connectivity index is 2.39. The van der Waals surface area contributed by atoms with E-state index in [2.05, 4.69) is 0 Å². The molecule has 2 rings (SSSR count). The van der Waals surface area contributed by atoms with Gasteiger partial charge < -0.3 is 4.74 Å². The van der Waals surface area contributed by atoms with Gasteiger partial charge in [0.1, 0.15) is 6.61 Å². The summed E-state index contributed by atoms with van der Waals surface area (Å²) in [5, 5.41) is 10.4. The predicted octanol–water partition coefficient (Wildman–Crippen LogP) is 3.73. The van der Waals surface area contributed by atoms with Crippen molar-refractivity contribution in [1.29, 1.82) is 0 Å². The van der Waals surface area contributed by atoms with Crippen LogP contribution in [-0.2, 0) is 6.61 Å². The molecule has 0 bridgehead atoms. The molecule has 0 heterocycles. The molecule has 0 aliphatic rings. The predicted molar refractivity (Wildman–Crippen MR) is 63.7 cm³/mol. The fourth-order valence-electron chi connectivity index (χ4n) is 1.62. The fraction of sp³-hybridized carbons (Fsp3) is 0.0769. The lowest BCUT2D eigenvalue weighted by Gasteiger charge is -2.09. The second-order valence-electron chi connectivity index (χ2n) is 3.97. The van der Waals surface area contributed by atoms with Gasteiger partial charge in [0.2, 0.25) is 23.3 Å². The first-order chi connectivity index (χ1) is 9.93. The highest BCUT2D eigenvalue weighted by Crippen LogP contribution is 2.34. The summed E-state index contributed by atoms with van der Waals surface area (Å²) in [6.45, 7) is -0.356. The standard InChI is InChI=1S/C13H7F4NO3/c14-8-10(16)13(11(17)9(15)12(8)18(19)20)21-6-7-4-2-1-3-5-7/h1-5H,6H2. The fourth-order valence-corrected chi connectivity index (χ4v) is 1.62. The van der Waals surface area contributed by atoms with Crippen molar-refractivity contribution < 1.29 is 27.2 Å². The zero-order valence-electron chi connectivity index (χ0n) is 10.3. The molecule has 0 unspecified atom stereocenters. The Morgan fingerprint density at radius 3 is 1.95 bits per heavy atom. The summed E-state index contributed by atoms with van der Waals surface area (Å²) in [6.07, 6.45) is 0. The molecule has 0 N–H and O–H groups in total. The quantitative estimate of drug-likeness (QED) is 0.374. The Hall–Kier alpha value is -2.64. The Bertz CT molecular complexity index is 663. The molecule has 0 spiro atoms. The number of nitro benzene ring substituents is 1. The SMILES string of the molecule is O=[N+]([O-])c1c(F)c(F)c(OCc2ccccc2)c(F)c1F. The summed E-state index contributed by atoms with van der Waals surface area (Å²) in [4.78, 5) is 8.85. The molecule has 2 aromatic carbocycles. The average Bonchev–Trinajstić information content (AvgIpc) is 2.46. The van der Waals surface area contributed by atoms with Crippen molar-refractivity contribution >= 4 is 5.69 Å². The first kappa shape index (κ1) is 14.8. The molecule has 0 saturated carbocycles. The number of ether oxygens (including phenoxy) is 1. The minimum Gasteiger partial charge on any atom is -0.483 e. The molecule has 2 aromatic rings. The van der Waals surface area contributed by atoms with E-state index in [1.807, 2.05) is 0 Å². The van der Waals surface area contributed by atoms with Crippen molar-refractivity contribution in [3.05, 3.63) is 69.3 Å². The van der Waals surface area contributed by atoms with Crippen LogP contribution in [-0.4, -0.2) is 4.92 Å². The third-order valence-electron chi connectivity index (χ3n) is 2.61. The number of hydrogen-bond acceptors (Lipinski definition) is 3. The van der Waals surface area contributed by atoms with Crippen LogP contribution in [0.4, 0.5) is 23.2 Å². The van der Waals surface area contributed by atoms with Crippen LogP contribution < -0.4 is 4.74 Å². The van der Waals surface area contributed by atoms with E-state index in [0.717, 1.165) is 0 Å². The van der Waals surface area contributed by atoms with E-state index in [9.17, 15) is 27.7 Å². The van der Waals surface area contributed by atoms with Crippen LogP contribution in [0, 0.1) is 33.4 Å². The molecule has 0 amide bonds. The molecule has 0 fully saturated rings. The van der Waals surface area contributed by atoms with E-state index in [0.29, 0.717) is 5.56 Å². The maximum Gasteiger partial charge on any atom is 0.346 e. The molecule has 0 radical (unpaired) electrons. The van der Waals surface area contributed by atoms with E-state index < -0.39 is 39.6 Å². The number of rotatable bonds is 4. The highest BCUT2D eigenvalue weighted by molar-refractivity contribution is 5.42. The number of halogens is 4. The molecule has 8 heteroatoms.